The summed E-state index contributed by atoms with van der Waals surface area (Å²) in [6.07, 6.45) is 0. The molecule has 138 valence electrons. The molecule has 3 aromatic rings. The number of benzene rings is 2. The van der Waals surface area contributed by atoms with E-state index >= 15 is 0 Å². The first kappa shape index (κ1) is 18.2. The maximum Gasteiger partial charge on any atom is 0.310 e. The van der Waals surface area contributed by atoms with Gasteiger partial charge < -0.3 is 14.5 Å². The van der Waals surface area contributed by atoms with E-state index in [0.29, 0.717) is 5.76 Å². The fourth-order valence-corrected chi connectivity index (χ4v) is 2.55. The number of rotatable bonds is 7. The first-order chi connectivity index (χ1) is 13.0. The molecule has 27 heavy (non-hydrogen) atoms. The van der Waals surface area contributed by atoms with E-state index in [1.807, 2.05) is 37.3 Å². The Morgan fingerprint density at radius 2 is 1.81 bits per heavy atom. The first-order valence-corrected chi connectivity index (χ1v) is 8.35. The molecule has 0 aliphatic heterocycles. The zero-order valence-electron chi connectivity index (χ0n) is 14.6. The molecule has 1 aromatic heterocycles. The predicted octanol–water partition coefficient (Wildman–Crippen LogP) is 4.26. The van der Waals surface area contributed by atoms with Gasteiger partial charge in [0.25, 0.3) is 5.91 Å². The summed E-state index contributed by atoms with van der Waals surface area (Å²) in [6.45, 7) is 1.86. The van der Waals surface area contributed by atoms with Crippen molar-refractivity contribution < 1.29 is 18.9 Å². The summed E-state index contributed by atoms with van der Waals surface area (Å²) in [6, 6.07) is 18.6. The maximum absolute atomic E-state index is 12.3. The summed E-state index contributed by atoms with van der Waals surface area (Å²) in [5.41, 5.74) is 0.857. The topological polar surface area (TPSA) is 94.6 Å². The van der Waals surface area contributed by atoms with Crippen LogP contribution in [-0.2, 0) is 6.61 Å². The molecule has 0 saturated carbocycles. The van der Waals surface area contributed by atoms with Crippen LogP contribution in [0.2, 0.25) is 0 Å². The highest BCUT2D eigenvalue weighted by atomic mass is 16.6. The molecular weight excluding hydrogens is 348 g/mol. The molecule has 0 bridgehead atoms. The third kappa shape index (κ3) is 4.52. The van der Waals surface area contributed by atoms with Gasteiger partial charge in [0.15, 0.2) is 11.5 Å². The molecule has 1 heterocycles. The minimum absolute atomic E-state index is 0.0215. The third-order valence-corrected chi connectivity index (χ3v) is 3.96. The third-order valence-electron chi connectivity index (χ3n) is 3.96. The van der Waals surface area contributed by atoms with Gasteiger partial charge in [0.2, 0.25) is 0 Å². The molecule has 7 heteroatoms. The number of furan rings is 1. The Morgan fingerprint density at radius 1 is 1.11 bits per heavy atom. The summed E-state index contributed by atoms with van der Waals surface area (Å²) >= 11 is 0. The Morgan fingerprint density at radius 3 is 2.56 bits per heavy atom. The van der Waals surface area contributed by atoms with Gasteiger partial charge in [0, 0.05) is 6.07 Å². The summed E-state index contributed by atoms with van der Waals surface area (Å²) in [5.74, 6) is 0.343. The van der Waals surface area contributed by atoms with E-state index in [1.54, 1.807) is 24.3 Å². The molecule has 1 N–H and O–H groups in total. The summed E-state index contributed by atoms with van der Waals surface area (Å²) < 4.78 is 11.0. The molecule has 7 nitrogen and oxygen atoms in total. The van der Waals surface area contributed by atoms with Crippen LogP contribution in [0.4, 0.5) is 5.69 Å². The van der Waals surface area contributed by atoms with Crippen molar-refractivity contribution in [1.82, 2.24) is 5.32 Å². The van der Waals surface area contributed by atoms with Crippen LogP contribution < -0.4 is 10.1 Å². The van der Waals surface area contributed by atoms with Crippen LogP contribution in [0.5, 0.6) is 5.75 Å². The molecule has 1 amide bonds. The van der Waals surface area contributed by atoms with E-state index in [4.69, 9.17) is 9.15 Å². The van der Waals surface area contributed by atoms with Crippen LogP contribution in [0.3, 0.4) is 0 Å². The number of nitrogens with zero attached hydrogens (tertiary/aromatic N) is 1. The minimum atomic E-state index is -0.513. The number of nitro groups is 1. The molecular formula is C20H18N2O5. The highest BCUT2D eigenvalue weighted by Gasteiger charge is 2.17. The number of hydrogen-bond acceptors (Lipinski definition) is 5. The largest absolute Gasteiger partial charge is 0.479 e. The quantitative estimate of drug-likeness (QED) is 0.498. The molecule has 0 fully saturated rings. The molecule has 0 saturated heterocycles. The number of nitro benzene ring substituents is 1. The number of amides is 1. The van der Waals surface area contributed by atoms with Gasteiger partial charge in [-0.05, 0) is 30.7 Å². The van der Waals surface area contributed by atoms with Gasteiger partial charge in [-0.3, -0.25) is 14.9 Å². The van der Waals surface area contributed by atoms with Gasteiger partial charge >= 0.3 is 5.69 Å². The first-order valence-electron chi connectivity index (χ1n) is 8.35. The van der Waals surface area contributed by atoms with Crippen molar-refractivity contribution in [2.24, 2.45) is 0 Å². The molecule has 0 aliphatic rings. The van der Waals surface area contributed by atoms with E-state index in [9.17, 15) is 14.9 Å². The maximum atomic E-state index is 12.3. The highest BCUT2D eigenvalue weighted by Crippen LogP contribution is 2.26. The number of carbonyl (C=O) groups excluding carboxylic acids is 1. The molecule has 3 rings (SSSR count). The van der Waals surface area contributed by atoms with Gasteiger partial charge in [-0.15, -0.1) is 0 Å². The zero-order valence-corrected chi connectivity index (χ0v) is 14.6. The van der Waals surface area contributed by atoms with Crippen LogP contribution in [0, 0.1) is 10.1 Å². The van der Waals surface area contributed by atoms with Crippen LogP contribution in [-0.4, -0.2) is 10.8 Å². The van der Waals surface area contributed by atoms with Crippen molar-refractivity contribution in [1.29, 1.82) is 0 Å². The smallest absolute Gasteiger partial charge is 0.310 e. The molecule has 0 spiro atoms. The lowest BCUT2D eigenvalue weighted by atomic mass is 10.1. The van der Waals surface area contributed by atoms with Crippen molar-refractivity contribution in [2.75, 3.05) is 0 Å². The Hall–Kier alpha value is -3.61. The summed E-state index contributed by atoms with van der Waals surface area (Å²) in [4.78, 5) is 22.8. The van der Waals surface area contributed by atoms with Crippen molar-refractivity contribution in [3.8, 4) is 5.75 Å². The van der Waals surface area contributed by atoms with Crippen molar-refractivity contribution in [3.63, 3.8) is 0 Å². The molecule has 1 atom stereocenters. The Labute approximate surface area is 155 Å². The Balaban J connectivity index is 1.61. The zero-order chi connectivity index (χ0) is 19.2. The SMILES string of the molecule is CC(NC(=O)c1ccc(COc2ccccc2[N+](=O)[O-])o1)c1ccccc1. The number of nitrogens with one attached hydrogen (secondary N) is 1. The summed E-state index contributed by atoms with van der Waals surface area (Å²) in [5, 5.41) is 13.9. The molecule has 0 radical (unpaired) electrons. The number of hydrogen-bond donors (Lipinski definition) is 1. The van der Waals surface area contributed by atoms with Crippen molar-refractivity contribution in [2.45, 2.75) is 19.6 Å². The van der Waals surface area contributed by atoms with Gasteiger partial charge in [-0.2, -0.15) is 0 Å². The van der Waals surface area contributed by atoms with Gasteiger partial charge in [-0.1, -0.05) is 42.5 Å². The second kappa shape index (κ2) is 8.18. The van der Waals surface area contributed by atoms with Crippen molar-refractivity contribution in [3.05, 3.63) is 93.9 Å². The Bertz CT molecular complexity index is 936. The number of carbonyl (C=O) groups is 1. The summed E-state index contributed by atoms with van der Waals surface area (Å²) in [7, 11) is 0. The number of ether oxygens (including phenoxy) is 1. The highest BCUT2D eigenvalue weighted by molar-refractivity contribution is 5.91. The molecule has 1 unspecified atom stereocenters. The van der Waals surface area contributed by atoms with Gasteiger partial charge in [0.1, 0.15) is 12.4 Å². The van der Waals surface area contributed by atoms with Crippen LogP contribution in [0.25, 0.3) is 0 Å². The number of para-hydroxylation sites is 2. The van der Waals surface area contributed by atoms with Gasteiger partial charge in [-0.25, -0.2) is 0 Å². The van der Waals surface area contributed by atoms with Crippen LogP contribution in [0.15, 0.2) is 71.1 Å². The lowest BCUT2D eigenvalue weighted by Crippen LogP contribution is -2.26. The lowest BCUT2D eigenvalue weighted by molar-refractivity contribution is -0.386. The normalized spacial score (nSPS) is 11.6. The molecule has 2 aromatic carbocycles. The Kier molecular flexibility index (Phi) is 5.51. The lowest BCUT2D eigenvalue weighted by Gasteiger charge is -2.13. The van der Waals surface area contributed by atoms with Crippen molar-refractivity contribution >= 4 is 11.6 Å². The second-order valence-electron chi connectivity index (χ2n) is 5.89. The van der Waals surface area contributed by atoms with E-state index in [0.717, 1.165) is 5.56 Å². The predicted molar refractivity (Wildman–Crippen MR) is 98.5 cm³/mol. The second-order valence-corrected chi connectivity index (χ2v) is 5.89. The van der Waals surface area contributed by atoms with E-state index in [-0.39, 0.29) is 35.8 Å². The average Bonchev–Trinajstić information content (AvgIpc) is 3.16. The van der Waals surface area contributed by atoms with E-state index < -0.39 is 4.92 Å². The van der Waals surface area contributed by atoms with E-state index in [1.165, 1.54) is 12.1 Å². The van der Waals surface area contributed by atoms with Crippen LogP contribution in [0.1, 0.15) is 34.8 Å². The average molecular weight is 366 g/mol. The standard InChI is InChI=1S/C20H18N2O5/c1-14(15-7-3-2-4-8-15)21-20(23)19-12-11-16(27-19)13-26-18-10-6-5-9-17(18)22(24)25/h2-12,14H,13H2,1H3,(H,21,23). The molecule has 0 aliphatic carbocycles. The fourth-order valence-electron chi connectivity index (χ4n) is 2.55. The monoisotopic (exact) mass is 366 g/mol. The minimum Gasteiger partial charge on any atom is -0.479 e. The van der Waals surface area contributed by atoms with Crippen LogP contribution >= 0.6 is 0 Å². The fraction of sp³-hybridized carbons (Fsp3) is 0.150. The van der Waals surface area contributed by atoms with E-state index in [2.05, 4.69) is 5.32 Å². The van der Waals surface area contributed by atoms with Gasteiger partial charge in [0.05, 0.1) is 11.0 Å².